The Labute approximate surface area is 216 Å². The highest BCUT2D eigenvalue weighted by Crippen LogP contribution is 2.47. The number of hydrogen-bond acceptors (Lipinski definition) is 0. The molecule has 0 heteroatoms. The zero-order valence-corrected chi connectivity index (χ0v) is 24.7. The molecule has 0 aliphatic carbocycles. The predicted molar refractivity (Wildman–Crippen MR) is 157 cm³/mol. The molecular formula is C35H48. The van der Waals surface area contributed by atoms with Gasteiger partial charge in [0.15, 0.2) is 0 Å². The van der Waals surface area contributed by atoms with Crippen molar-refractivity contribution in [2.24, 2.45) is 0 Å². The van der Waals surface area contributed by atoms with Crippen LogP contribution in [0.15, 0.2) is 54.6 Å². The van der Waals surface area contributed by atoms with Crippen LogP contribution in [-0.4, -0.2) is 0 Å². The molecule has 3 rings (SSSR count). The Morgan fingerprint density at radius 3 is 1.20 bits per heavy atom. The molecule has 0 nitrogen and oxygen atoms in total. The number of hydrogen-bond donors (Lipinski definition) is 0. The average molecular weight is 469 g/mol. The molecule has 0 fully saturated rings. The van der Waals surface area contributed by atoms with Gasteiger partial charge in [0.05, 0.1) is 0 Å². The second-order valence-electron chi connectivity index (χ2n) is 14.5. The van der Waals surface area contributed by atoms with Crippen LogP contribution in [0.3, 0.4) is 0 Å². The number of aryl methyl sites for hydroxylation is 1. The second kappa shape index (κ2) is 8.95. The van der Waals surface area contributed by atoms with E-state index in [2.05, 4.69) is 145 Å². The zero-order chi connectivity index (χ0) is 26.6. The van der Waals surface area contributed by atoms with Crippen molar-refractivity contribution in [1.82, 2.24) is 0 Å². The van der Waals surface area contributed by atoms with E-state index in [1.54, 1.807) is 0 Å². The summed E-state index contributed by atoms with van der Waals surface area (Å²) in [5.41, 5.74) is 12.8. The quantitative estimate of drug-likeness (QED) is 0.351. The van der Waals surface area contributed by atoms with Gasteiger partial charge in [0.25, 0.3) is 0 Å². The van der Waals surface area contributed by atoms with Crippen LogP contribution in [0, 0.1) is 6.92 Å². The SMILES string of the molecule is Cc1cccc(-c2cccc(C(C)(C)C)c2C(C)(C)C)c1-c1cccc(C(C)(C)C)c1C(C)(C)C. The molecule has 0 spiro atoms. The lowest BCUT2D eigenvalue weighted by atomic mass is 9.69. The van der Waals surface area contributed by atoms with Gasteiger partial charge in [-0.15, -0.1) is 0 Å². The zero-order valence-electron chi connectivity index (χ0n) is 24.7. The highest BCUT2D eigenvalue weighted by molar-refractivity contribution is 5.90. The minimum Gasteiger partial charge on any atom is -0.0613 e. The second-order valence-corrected chi connectivity index (χ2v) is 14.5. The van der Waals surface area contributed by atoms with Gasteiger partial charge in [-0.2, -0.15) is 0 Å². The topological polar surface area (TPSA) is 0 Å². The number of benzene rings is 3. The van der Waals surface area contributed by atoms with Crippen LogP contribution >= 0.6 is 0 Å². The first-order chi connectivity index (χ1) is 15.8. The summed E-state index contributed by atoms with van der Waals surface area (Å²) < 4.78 is 0. The molecule has 3 aromatic carbocycles. The molecule has 188 valence electrons. The van der Waals surface area contributed by atoms with E-state index in [0.717, 1.165) is 0 Å². The maximum absolute atomic E-state index is 2.36. The van der Waals surface area contributed by atoms with Crippen LogP contribution in [0.5, 0.6) is 0 Å². The first-order valence-electron chi connectivity index (χ1n) is 13.2. The first kappa shape index (κ1) is 27.3. The van der Waals surface area contributed by atoms with Crippen molar-refractivity contribution >= 4 is 0 Å². The van der Waals surface area contributed by atoms with E-state index in [1.807, 2.05) is 0 Å². The molecule has 0 heterocycles. The molecule has 0 amide bonds. The maximum atomic E-state index is 2.36. The molecule has 0 unspecified atom stereocenters. The molecule has 0 saturated carbocycles. The smallest absolute Gasteiger partial charge is 0.00729 e. The monoisotopic (exact) mass is 468 g/mol. The van der Waals surface area contributed by atoms with Crippen LogP contribution in [0.25, 0.3) is 22.3 Å². The summed E-state index contributed by atoms with van der Waals surface area (Å²) >= 11 is 0. The van der Waals surface area contributed by atoms with Crippen LogP contribution < -0.4 is 0 Å². The van der Waals surface area contributed by atoms with E-state index < -0.39 is 0 Å². The van der Waals surface area contributed by atoms with Crippen LogP contribution in [-0.2, 0) is 21.7 Å². The molecule has 0 N–H and O–H groups in total. The third kappa shape index (κ3) is 5.42. The molecule has 0 saturated heterocycles. The van der Waals surface area contributed by atoms with E-state index in [0.29, 0.717) is 0 Å². The van der Waals surface area contributed by atoms with Gasteiger partial charge in [0.1, 0.15) is 0 Å². The van der Waals surface area contributed by atoms with Crippen LogP contribution in [0.2, 0.25) is 0 Å². The summed E-state index contributed by atoms with van der Waals surface area (Å²) in [5.74, 6) is 0. The van der Waals surface area contributed by atoms with Gasteiger partial charge in [-0.3, -0.25) is 0 Å². The van der Waals surface area contributed by atoms with Crippen LogP contribution in [0.1, 0.15) is 111 Å². The van der Waals surface area contributed by atoms with Gasteiger partial charge >= 0.3 is 0 Å². The minimum atomic E-state index is 0.0267. The fraction of sp³-hybridized carbons (Fsp3) is 0.486. The van der Waals surface area contributed by atoms with E-state index in [9.17, 15) is 0 Å². The summed E-state index contributed by atoms with van der Waals surface area (Å²) in [6, 6.07) is 20.7. The van der Waals surface area contributed by atoms with Gasteiger partial charge in [-0.25, -0.2) is 0 Å². The fourth-order valence-electron chi connectivity index (χ4n) is 5.65. The summed E-state index contributed by atoms with van der Waals surface area (Å²) in [6.45, 7) is 30.5. The third-order valence-corrected chi connectivity index (χ3v) is 7.08. The normalized spacial score (nSPS) is 13.3. The standard InChI is InChI=1S/C35H48/c1-23-17-14-18-24(25-19-15-21-27(32(2,3)4)30(25)34(8,9)10)29(23)26-20-16-22-28(33(5,6)7)31(26)35(11,12)13/h14-22H,1-13H3. The van der Waals surface area contributed by atoms with Crippen molar-refractivity contribution in [2.45, 2.75) is 112 Å². The van der Waals surface area contributed by atoms with E-state index in [-0.39, 0.29) is 21.7 Å². The Balaban J connectivity index is 2.52. The molecule has 35 heavy (non-hydrogen) atoms. The van der Waals surface area contributed by atoms with E-state index in [1.165, 1.54) is 50.1 Å². The molecular weight excluding hydrogens is 420 g/mol. The van der Waals surface area contributed by atoms with Crippen molar-refractivity contribution in [1.29, 1.82) is 0 Å². The Kier molecular flexibility index (Phi) is 6.97. The summed E-state index contributed by atoms with van der Waals surface area (Å²) in [6.07, 6.45) is 0. The van der Waals surface area contributed by atoms with Gasteiger partial charge < -0.3 is 0 Å². The Bertz CT molecular complexity index is 1210. The largest absolute Gasteiger partial charge is 0.0613 e. The molecule has 0 aromatic heterocycles. The van der Waals surface area contributed by atoms with Crippen LogP contribution in [0.4, 0.5) is 0 Å². The lowest BCUT2D eigenvalue weighted by Crippen LogP contribution is -2.24. The van der Waals surface area contributed by atoms with Gasteiger partial charge in [0.2, 0.25) is 0 Å². The van der Waals surface area contributed by atoms with E-state index >= 15 is 0 Å². The first-order valence-corrected chi connectivity index (χ1v) is 13.2. The summed E-state index contributed by atoms with van der Waals surface area (Å²) in [7, 11) is 0. The van der Waals surface area contributed by atoms with Crippen molar-refractivity contribution in [3.8, 4) is 22.3 Å². The third-order valence-electron chi connectivity index (χ3n) is 7.08. The van der Waals surface area contributed by atoms with Crippen molar-refractivity contribution < 1.29 is 0 Å². The molecule has 0 atom stereocenters. The van der Waals surface area contributed by atoms with Gasteiger partial charge in [0, 0.05) is 0 Å². The van der Waals surface area contributed by atoms with E-state index in [4.69, 9.17) is 0 Å². The lowest BCUT2D eigenvalue weighted by Gasteiger charge is -2.35. The molecule has 0 radical (unpaired) electrons. The van der Waals surface area contributed by atoms with Crippen molar-refractivity contribution in [3.05, 3.63) is 82.4 Å². The molecule has 0 aliphatic rings. The average Bonchev–Trinajstić information content (AvgIpc) is 2.70. The van der Waals surface area contributed by atoms with Crippen molar-refractivity contribution in [3.63, 3.8) is 0 Å². The molecule has 0 bridgehead atoms. The van der Waals surface area contributed by atoms with Gasteiger partial charge in [-0.05, 0) is 78.7 Å². The summed E-state index contributed by atoms with van der Waals surface area (Å²) in [5, 5.41) is 0. The highest BCUT2D eigenvalue weighted by Gasteiger charge is 2.32. The highest BCUT2D eigenvalue weighted by atomic mass is 14.4. The summed E-state index contributed by atoms with van der Waals surface area (Å²) in [4.78, 5) is 0. The lowest BCUT2D eigenvalue weighted by molar-refractivity contribution is 0.531. The van der Waals surface area contributed by atoms with Crippen molar-refractivity contribution in [2.75, 3.05) is 0 Å². The number of rotatable bonds is 2. The minimum absolute atomic E-state index is 0.0267. The predicted octanol–water partition coefficient (Wildman–Crippen LogP) is 10.5. The molecule has 3 aromatic rings. The maximum Gasteiger partial charge on any atom is -0.00729 e. The Hall–Kier alpha value is -2.34. The fourth-order valence-corrected chi connectivity index (χ4v) is 5.65. The Morgan fingerprint density at radius 1 is 0.400 bits per heavy atom. The molecule has 0 aliphatic heterocycles. The Morgan fingerprint density at radius 2 is 0.771 bits per heavy atom. The van der Waals surface area contributed by atoms with Gasteiger partial charge in [-0.1, -0.05) is 138 Å².